The smallest absolute Gasteiger partial charge is 0.226 e. The molecule has 0 unspecified atom stereocenters. The molecule has 86 valence electrons. The summed E-state index contributed by atoms with van der Waals surface area (Å²) in [5.41, 5.74) is 2.44. The van der Waals surface area contributed by atoms with Gasteiger partial charge in [-0.1, -0.05) is 38.0 Å². The van der Waals surface area contributed by atoms with E-state index >= 15 is 0 Å². The summed E-state index contributed by atoms with van der Waals surface area (Å²) in [5.74, 6) is 0.290. The minimum Gasteiger partial charge on any atom is -0.312 e. The Hall–Kier alpha value is -1.31. The third-order valence-corrected chi connectivity index (χ3v) is 3.18. The second-order valence-corrected chi connectivity index (χ2v) is 4.38. The summed E-state index contributed by atoms with van der Waals surface area (Å²) >= 11 is 0. The second-order valence-electron chi connectivity index (χ2n) is 4.38. The van der Waals surface area contributed by atoms with Crippen LogP contribution < -0.4 is 4.90 Å². The van der Waals surface area contributed by atoms with Crippen LogP contribution in [-0.4, -0.2) is 12.5 Å². The standard InChI is InChI=1S/C14H19NO/c1-2-3-4-9-14(16)15-11-10-12-7-5-6-8-13(12)15/h5-8H,2-4,9-11H2,1H3. The highest BCUT2D eigenvalue weighted by atomic mass is 16.2. The number of benzene rings is 1. The molecule has 16 heavy (non-hydrogen) atoms. The Balaban J connectivity index is 1.99. The van der Waals surface area contributed by atoms with Crippen LogP contribution in [0.25, 0.3) is 0 Å². The number of hydrogen-bond donors (Lipinski definition) is 0. The van der Waals surface area contributed by atoms with Gasteiger partial charge in [-0.05, 0) is 24.5 Å². The highest BCUT2D eigenvalue weighted by Crippen LogP contribution is 2.28. The monoisotopic (exact) mass is 217 g/mol. The molecule has 0 spiro atoms. The summed E-state index contributed by atoms with van der Waals surface area (Å²) in [6, 6.07) is 8.23. The van der Waals surface area contributed by atoms with Crippen LogP contribution in [0.15, 0.2) is 24.3 Å². The number of anilines is 1. The molecule has 2 heteroatoms. The zero-order valence-corrected chi connectivity index (χ0v) is 9.91. The maximum absolute atomic E-state index is 12.0. The number of rotatable bonds is 4. The van der Waals surface area contributed by atoms with E-state index in [0.717, 1.165) is 31.5 Å². The fraction of sp³-hybridized carbons (Fsp3) is 0.500. The number of unbranched alkanes of at least 4 members (excludes halogenated alkanes) is 2. The van der Waals surface area contributed by atoms with Crippen LogP contribution in [0.5, 0.6) is 0 Å². The zero-order chi connectivity index (χ0) is 11.4. The summed E-state index contributed by atoms with van der Waals surface area (Å²) in [4.78, 5) is 14.0. The summed E-state index contributed by atoms with van der Waals surface area (Å²) in [7, 11) is 0. The first-order valence-corrected chi connectivity index (χ1v) is 6.21. The van der Waals surface area contributed by atoms with Crippen LogP contribution in [0, 0.1) is 0 Å². The average molecular weight is 217 g/mol. The number of nitrogens with zero attached hydrogens (tertiary/aromatic N) is 1. The minimum absolute atomic E-state index is 0.290. The van der Waals surface area contributed by atoms with Gasteiger partial charge in [0.15, 0.2) is 0 Å². The molecule has 1 aliphatic heterocycles. The van der Waals surface area contributed by atoms with E-state index in [4.69, 9.17) is 0 Å². The van der Waals surface area contributed by atoms with Gasteiger partial charge in [0.05, 0.1) is 0 Å². The van der Waals surface area contributed by atoms with Gasteiger partial charge >= 0.3 is 0 Å². The van der Waals surface area contributed by atoms with Crippen molar-refractivity contribution < 1.29 is 4.79 Å². The SMILES string of the molecule is CCCCCC(=O)N1CCc2ccccc21. The molecule has 0 aliphatic carbocycles. The zero-order valence-electron chi connectivity index (χ0n) is 9.91. The maximum atomic E-state index is 12.0. The fourth-order valence-corrected chi connectivity index (χ4v) is 2.26. The highest BCUT2D eigenvalue weighted by molar-refractivity contribution is 5.95. The van der Waals surface area contributed by atoms with E-state index in [1.807, 2.05) is 17.0 Å². The summed E-state index contributed by atoms with van der Waals surface area (Å²) in [6.45, 7) is 3.03. The molecule has 1 aliphatic rings. The van der Waals surface area contributed by atoms with Crippen molar-refractivity contribution in [3.63, 3.8) is 0 Å². The van der Waals surface area contributed by atoms with E-state index in [1.54, 1.807) is 0 Å². The molecule has 0 saturated heterocycles. The number of amides is 1. The van der Waals surface area contributed by atoms with Crippen molar-refractivity contribution in [2.45, 2.75) is 39.0 Å². The summed E-state index contributed by atoms with van der Waals surface area (Å²) in [6.07, 6.45) is 5.05. The molecule has 1 amide bonds. The molecule has 0 N–H and O–H groups in total. The molecule has 0 fully saturated rings. The molecule has 0 saturated carbocycles. The summed E-state index contributed by atoms with van der Waals surface area (Å²) < 4.78 is 0. The maximum Gasteiger partial charge on any atom is 0.226 e. The fourth-order valence-electron chi connectivity index (χ4n) is 2.26. The van der Waals surface area contributed by atoms with E-state index in [0.29, 0.717) is 12.3 Å². The second kappa shape index (κ2) is 5.15. The van der Waals surface area contributed by atoms with Gasteiger partial charge in [-0.25, -0.2) is 0 Å². The molecule has 2 rings (SSSR count). The van der Waals surface area contributed by atoms with E-state index in [-0.39, 0.29) is 0 Å². The van der Waals surface area contributed by atoms with Crippen LogP contribution in [0.1, 0.15) is 38.2 Å². The van der Waals surface area contributed by atoms with Gasteiger partial charge < -0.3 is 4.90 Å². The number of fused-ring (bicyclic) bond motifs is 1. The van der Waals surface area contributed by atoms with Crippen molar-refractivity contribution in [2.24, 2.45) is 0 Å². The van der Waals surface area contributed by atoms with Crippen molar-refractivity contribution in [1.82, 2.24) is 0 Å². The lowest BCUT2D eigenvalue weighted by atomic mass is 10.1. The third kappa shape index (κ3) is 2.26. The lowest BCUT2D eigenvalue weighted by Gasteiger charge is -2.17. The van der Waals surface area contributed by atoms with E-state index in [9.17, 15) is 4.79 Å². The molecule has 2 nitrogen and oxygen atoms in total. The van der Waals surface area contributed by atoms with Crippen molar-refractivity contribution in [3.05, 3.63) is 29.8 Å². The van der Waals surface area contributed by atoms with Gasteiger partial charge in [0.2, 0.25) is 5.91 Å². The lowest BCUT2D eigenvalue weighted by molar-refractivity contribution is -0.118. The quantitative estimate of drug-likeness (QED) is 0.709. The number of para-hydroxylation sites is 1. The Kier molecular flexibility index (Phi) is 3.60. The number of carbonyl (C=O) groups excluding carboxylic acids is 1. The van der Waals surface area contributed by atoms with Crippen molar-refractivity contribution >= 4 is 11.6 Å². The van der Waals surface area contributed by atoms with E-state index in [1.165, 1.54) is 12.0 Å². The number of carbonyl (C=O) groups is 1. The van der Waals surface area contributed by atoms with Crippen LogP contribution in [0.4, 0.5) is 5.69 Å². The number of hydrogen-bond acceptors (Lipinski definition) is 1. The van der Waals surface area contributed by atoms with Crippen molar-refractivity contribution in [2.75, 3.05) is 11.4 Å². The average Bonchev–Trinajstić information content (AvgIpc) is 2.73. The Morgan fingerprint density at radius 3 is 2.94 bits per heavy atom. The highest BCUT2D eigenvalue weighted by Gasteiger charge is 2.23. The molecule has 0 bridgehead atoms. The first-order valence-electron chi connectivity index (χ1n) is 6.21. The molecule has 1 aromatic carbocycles. The first kappa shape index (κ1) is 11.2. The van der Waals surface area contributed by atoms with Gasteiger partial charge in [0, 0.05) is 18.7 Å². The van der Waals surface area contributed by atoms with Crippen LogP contribution in [0.3, 0.4) is 0 Å². The topological polar surface area (TPSA) is 20.3 Å². The molecule has 1 heterocycles. The van der Waals surface area contributed by atoms with Crippen LogP contribution in [-0.2, 0) is 11.2 Å². The molecule has 0 atom stereocenters. The molecule has 0 aromatic heterocycles. The van der Waals surface area contributed by atoms with Gasteiger partial charge in [-0.2, -0.15) is 0 Å². The van der Waals surface area contributed by atoms with E-state index < -0.39 is 0 Å². The Labute approximate surface area is 97.3 Å². The third-order valence-electron chi connectivity index (χ3n) is 3.18. The van der Waals surface area contributed by atoms with E-state index in [2.05, 4.69) is 19.1 Å². The normalized spacial score (nSPS) is 13.9. The van der Waals surface area contributed by atoms with Gasteiger partial charge in [-0.3, -0.25) is 4.79 Å². The van der Waals surface area contributed by atoms with Gasteiger partial charge in [0.25, 0.3) is 0 Å². The van der Waals surface area contributed by atoms with Crippen molar-refractivity contribution in [3.8, 4) is 0 Å². The molecule has 1 aromatic rings. The van der Waals surface area contributed by atoms with Crippen molar-refractivity contribution in [1.29, 1.82) is 0 Å². The minimum atomic E-state index is 0.290. The summed E-state index contributed by atoms with van der Waals surface area (Å²) in [5, 5.41) is 0. The Morgan fingerprint density at radius 1 is 1.31 bits per heavy atom. The Bertz CT molecular complexity index is 373. The predicted molar refractivity (Wildman–Crippen MR) is 66.6 cm³/mol. The van der Waals surface area contributed by atoms with Crippen LogP contribution >= 0.6 is 0 Å². The molecular weight excluding hydrogens is 198 g/mol. The molecular formula is C14H19NO. The van der Waals surface area contributed by atoms with Crippen LogP contribution in [0.2, 0.25) is 0 Å². The van der Waals surface area contributed by atoms with Gasteiger partial charge in [0.1, 0.15) is 0 Å². The van der Waals surface area contributed by atoms with Gasteiger partial charge in [-0.15, -0.1) is 0 Å². The first-order chi connectivity index (χ1) is 7.83. The largest absolute Gasteiger partial charge is 0.312 e. The molecule has 0 radical (unpaired) electrons. The predicted octanol–water partition coefficient (Wildman–Crippen LogP) is 3.16. The Morgan fingerprint density at radius 2 is 2.12 bits per heavy atom. The lowest BCUT2D eigenvalue weighted by Crippen LogP contribution is -2.28.